The molecule has 0 aliphatic carbocycles. The third kappa shape index (κ3) is 8.34. The number of thiazole rings is 1. The Morgan fingerprint density at radius 2 is 1.78 bits per heavy atom. The van der Waals surface area contributed by atoms with Gasteiger partial charge in [0.1, 0.15) is 17.8 Å². The fourth-order valence-electron chi connectivity index (χ4n) is 5.10. The topological polar surface area (TPSA) is 104 Å². The fourth-order valence-corrected chi connectivity index (χ4v) is 5.99. The van der Waals surface area contributed by atoms with Crippen LogP contribution in [-0.2, 0) is 23.9 Å². The van der Waals surface area contributed by atoms with Gasteiger partial charge in [0.2, 0.25) is 0 Å². The lowest BCUT2D eigenvalue weighted by molar-refractivity contribution is -0.137. The normalized spacial score (nSPS) is 16.4. The first kappa shape index (κ1) is 32.3. The number of nitrogens with one attached hydrogen (secondary N) is 2. The monoisotopic (exact) mass is 638 g/mol. The molecule has 0 radical (unpaired) electrons. The van der Waals surface area contributed by atoms with E-state index in [0.29, 0.717) is 24.2 Å². The smallest absolute Gasteiger partial charge is 0.390 e. The van der Waals surface area contributed by atoms with Crippen LogP contribution in [0.25, 0.3) is 0 Å². The summed E-state index contributed by atoms with van der Waals surface area (Å²) in [6.45, 7) is 2.44. The van der Waals surface area contributed by atoms with Gasteiger partial charge in [-0.05, 0) is 48.7 Å². The maximum atomic E-state index is 13.5. The second kappa shape index (κ2) is 14.3. The Morgan fingerprint density at radius 1 is 1.04 bits per heavy atom. The Labute approximate surface area is 262 Å². The Morgan fingerprint density at radius 3 is 2.51 bits per heavy atom. The first-order valence-electron chi connectivity index (χ1n) is 14.4. The molecule has 3 atom stereocenters. The summed E-state index contributed by atoms with van der Waals surface area (Å²) in [5, 5.41) is 19.7. The summed E-state index contributed by atoms with van der Waals surface area (Å²) in [6, 6.07) is 19.6. The number of carbonyl (C=O) groups is 2. The maximum Gasteiger partial charge on any atom is 0.416 e. The van der Waals surface area contributed by atoms with Gasteiger partial charge >= 0.3 is 6.18 Å². The zero-order chi connectivity index (χ0) is 32.0. The van der Waals surface area contributed by atoms with Crippen LogP contribution in [0.2, 0.25) is 0 Å². The SMILES string of the molecule is Cc1csc([C@H]2COCN2C(=O)c2cccc(C(=O)N[C@@H](Cc3ccccc3)[C@@H](O)CNCc3cccc(C(F)(F)F)c3)c2)n1. The minimum Gasteiger partial charge on any atom is -0.390 e. The van der Waals surface area contributed by atoms with E-state index in [1.807, 2.05) is 42.6 Å². The lowest BCUT2D eigenvalue weighted by Gasteiger charge is -2.25. The largest absolute Gasteiger partial charge is 0.416 e. The molecule has 8 nitrogen and oxygen atoms in total. The summed E-state index contributed by atoms with van der Waals surface area (Å²) in [5.41, 5.74) is 1.97. The Kier molecular flexibility index (Phi) is 10.3. The summed E-state index contributed by atoms with van der Waals surface area (Å²) >= 11 is 1.46. The number of benzene rings is 3. The van der Waals surface area contributed by atoms with Gasteiger partial charge < -0.3 is 25.4 Å². The number of carbonyl (C=O) groups excluding carboxylic acids is 2. The van der Waals surface area contributed by atoms with E-state index in [4.69, 9.17) is 4.74 Å². The number of aromatic nitrogens is 1. The fraction of sp³-hybridized carbons (Fsp3) is 0.303. The van der Waals surface area contributed by atoms with Crippen molar-refractivity contribution in [3.05, 3.63) is 123 Å². The van der Waals surface area contributed by atoms with Crippen LogP contribution in [0.5, 0.6) is 0 Å². The molecular formula is C33H33F3N4O4S. The Hall–Kier alpha value is -4.10. The second-order valence-corrected chi connectivity index (χ2v) is 11.8. The van der Waals surface area contributed by atoms with Crippen molar-refractivity contribution in [3.63, 3.8) is 0 Å². The van der Waals surface area contributed by atoms with Crippen LogP contribution >= 0.6 is 11.3 Å². The lowest BCUT2D eigenvalue weighted by atomic mass is 10.00. The molecule has 1 fully saturated rings. The molecule has 3 aromatic carbocycles. The van der Waals surface area contributed by atoms with Crippen molar-refractivity contribution < 1.29 is 32.6 Å². The van der Waals surface area contributed by atoms with E-state index in [1.165, 1.54) is 23.5 Å². The summed E-state index contributed by atoms with van der Waals surface area (Å²) in [4.78, 5) is 33.0. The molecule has 1 aliphatic rings. The van der Waals surface area contributed by atoms with Gasteiger partial charge in [-0.3, -0.25) is 9.59 Å². The average Bonchev–Trinajstić information content (AvgIpc) is 3.70. The first-order valence-corrected chi connectivity index (χ1v) is 15.3. The van der Waals surface area contributed by atoms with Gasteiger partial charge in [-0.1, -0.05) is 54.6 Å². The zero-order valence-corrected chi connectivity index (χ0v) is 25.3. The van der Waals surface area contributed by atoms with Crippen molar-refractivity contribution in [2.24, 2.45) is 0 Å². The number of ether oxygens (including phenoxy) is 1. The van der Waals surface area contributed by atoms with Crippen molar-refractivity contribution in [3.8, 4) is 0 Å². The predicted octanol–water partition coefficient (Wildman–Crippen LogP) is 5.13. The summed E-state index contributed by atoms with van der Waals surface area (Å²) in [7, 11) is 0. The number of aliphatic hydroxyl groups is 1. The molecule has 2 amide bonds. The molecule has 3 N–H and O–H groups in total. The number of aryl methyl sites for hydroxylation is 1. The van der Waals surface area contributed by atoms with Gasteiger partial charge in [-0.15, -0.1) is 11.3 Å². The standard InChI is InChI=1S/C33H33F3N4O4S/c1-21-19-45-31(38-21)28-18-44-20-40(28)32(43)25-11-6-10-24(15-25)30(42)39-27(14-22-7-3-2-4-8-22)29(41)17-37-16-23-9-5-12-26(13-23)33(34,35)36/h2-13,15,19,27-29,37,41H,14,16-18,20H2,1H3,(H,39,42)/t27-,28+,29-/m0/s1. The molecule has 4 aromatic rings. The van der Waals surface area contributed by atoms with Crippen molar-refractivity contribution in [2.75, 3.05) is 19.9 Å². The predicted molar refractivity (Wildman–Crippen MR) is 164 cm³/mol. The summed E-state index contributed by atoms with van der Waals surface area (Å²) in [5.74, 6) is -0.771. The van der Waals surface area contributed by atoms with Crippen LogP contribution < -0.4 is 10.6 Å². The average molecular weight is 639 g/mol. The van der Waals surface area contributed by atoms with Crippen LogP contribution in [-0.4, -0.2) is 58.8 Å². The van der Waals surface area contributed by atoms with Gasteiger partial charge in [-0.2, -0.15) is 13.2 Å². The van der Waals surface area contributed by atoms with Gasteiger partial charge in [0, 0.05) is 35.3 Å². The van der Waals surface area contributed by atoms with Gasteiger partial charge in [0.15, 0.2) is 0 Å². The van der Waals surface area contributed by atoms with Crippen molar-refractivity contribution in [1.82, 2.24) is 20.5 Å². The highest BCUT2D eigenvalue weighted by atomic mass is 32.1. The molecule has 0 bridgehead atoms. The zero-order valence-electron chi connectivity index (χ0n) is 24.5. The highest BCUT2D eigenvalue weighted by Gasteiger charge is 2.34. The molecular weight excluding hydrogens is 605 g/mol. The molecule has 1 aromatic heterocycles. The number of aliphatic hydroxyl groups excluding tert-OH is 1. The molecule has 236 valence electrons. The maximum absolute atomic E-state index is 13.5. The molecule has 45 heavy (non-hydrogen) atoms. The van der Waals surface area contributed by atoms with Crippen molar-refractivity contribution in [2.45, 2.75) is 44.3 Å². The summed E-state index contributed by atoms with van der Waals surface area (Å²) in [6.07, 6.45) is -5.22. The number of hydrogen-bond donors (Lipinski definition) is 3. The second-order valence-electron chi connectivity index (χ2n) is 10.9. The van der Waals surface area contributed by atoms with Gasteiger partial charge in [-0.25, -0.2) is 4.98 Å². The molecule has 0 unspecified atom stereocenters. The number of amides is 2. The van der Waals surface area contributed by atoms with E-state index < -0.39 is 29.8 Å². The molecule has 2 heterocycles. The minimum absolute atomic E-state index is 0.0130. The van der Waals surface area contributed by atoms with Crippen LogP contribution in [0.1, 0.15) is 54.1 Å². The highest BCUT2D eigenvalue weighted by molar-refractivity contribution is 7.09. The molecule has 0 spiro atoms. The number of hydrogen-bond acceptors (Lipinski definition) is 7. The van der Waals surface area contributed by atoms with E-state index >= 15 is 0 Å². The summed E-state index contributed by atoms with van der Waals surface area (Å²) < 4.78 is 44.9. The number of rotatable bonds is 11. The van der Waals surface area contributed by atoms with Crippen molar-refractivity contribution >= 4 is 23.2 Å². The van der Waals surface area contributed by atoms with Gasteiger partial charge in [0.25, 0.3) is 11.8 Å². The molecule has 1 aliphatic heterocycles. The quantitative estimate of drug-likeness (QED) is 0.211. The van der Waals surface area contributed by atoms with E-state index in [2.05, 4.69) is 15.6 Å². The number of alkyl halides is 3. The first-order chi connectivity index (χ1) is 21.6. The van der Waals surface area contributed by atoms with Gasteiger partial charge in [0.05, 0.1) is 24.3 Å². The molecule has 1 saturated heterocycles. The third-order valence-electron chi connectivity index (χ3n) is 7.45. The third-order valence-corrected chi connectivity index (χ3v) is 8.52. The minimum atomic E-state index is -4.45. The van der Waals surface area contributed by atoms with Crippen LogP contribution in [0.3, 0.4) is 0 Å². The number of halogens is 3. The lowest BCUT2D eigenvalue weighted by Crippen LogP contribution is -2.48. The van der Waals surface area contributed by atoms with Crippen LogP contribution in [0, 0.1) is 6.92 Å². The van der Waals surface area contributed by atoms with Crippen LogP contribution in [0.4, 0.5) is 13.2 Å². The van der Waals surface area contributed by atoms with E-state index in [-0.39, 0.29) is 37.3 Å². The molecule has 5 rings (SSSR count). The van der Waals surface area contributed by atoms with Crippen molar-refractivity contribution in [1.29, 1.82) is 0 Å². The molecule has 12 heteroatoms. The number of nitrogens with zero attached hydrogens (tertiary/aromatic N) is 2. The molecule has 0 saturated carbocycles. The highest BCUT2D eigenvalue weighted by Crippen LogP contribution is 2.31. The Bertz CT molecular complexity index is 1610. The van der Waals surface area contributed by atoms with E-state index in [1.54, 1.807) is 29.2 Å². The van der Waals surface area contributed by atoms with Crippen LogP contribution in [0.15, 0.2) is 84.2 Å². The Balaban J connectivity index is 1.26. The van der Waals surface area contributed by atoms with E-state index in [9.17, 15) is 27.9 Å². The van der Waals surface area contributed by atoms with E-state index in [0.717, 1.165) is 28.4 Å².